The molecule has 0 aromatic heterocycles. The van der Waals surface area contributed by atoms with E-state index in [0.29, 0.717) is 23.7 Å². The van der Waals surface area contributed by atoms with Gasteiger partial charge in [0.15, 0.2) is 6.61 Å². The van der Waals surface area contributed by atoms with Gasteiger partial charge in [-0.05, 0) is 61.6 Å². The minimum Gasteiger partial charge on any atom is -0.484 e. The Kier molecular flexibility index (Phi) is 9.95. The van der Waals surface area contributed by atoms with E-state index in [4.69, 9.17) is 16.3 Å². The van der Waals surface area contributed by atoms with E-state index in [9.17, 15) is 9.59 Å². The van der Waals surface area contributed by atoms with Gasteiger partial charge in [-0.25, -0.2) is 0 Å². The third-order valence-electron chi connectivity index (χ3n) is 6.24. The number of carbonyl (C=O) groups excluding carboxylic acids is 2. The van der Waals surface area contributed by atoms with E-state index in [1.54, 1.807) is 4.90 Å². The van der Waals surface area contributed by atoms with Gasteiger partial charge in [-0.15, -0.1) is 0 Å². The van der Waals surface area contributed by atoms with Gasteiger partial charge in [-0.1, -0.05) is 79.2 Å². The first-order chi connectivity index (χ1) is 17.3. The van der Waals surface area contributed by atoms with Crippen molar-refractivity contribution in [3.63, 3.8) is 0 Å². The van der Waals surface area contributed by atoms with Gasteiger partial charge in [-0.3, -0.25) is 9.59 Å². The van der Waals surface area contributed by atoms with E-state index in [0.717, 1.165) is 28.7 Å². The molecule has 0 spiro atoms. The fourth-order valence-electron chi connectivity index (χ4n) is 3.99. The van der Waals surface area contributed by atoms with Crippen molar-refractivity contribution >= 4 is 23.4 Å². The van der Waals surface area contributed by atoms with Crippen LogP contribution >= 0.6 is 11.6 Å². The molecule has 0 heterocycles. The summed E-state index contributed by atoms with van der Waals surface area (Å²) >= 11 is 6.28. The Morgan fingerprint density at radius 1 is 0.944 bits per heavy atom. The summed E-state index contributed by atoms with van der Waals surface area (Å²) in [6.07, 6.45) is 1.20. The molecule has 1 N–H and O–H groups in total. The lowest BCUT2D eigenvalue weighted by Gasteiger charge is -2.32. The van der Waals surface area contributed by atoms with Crippen LogP contribution < -0.4 is 10.1 Å². The summed E-state index contributed by atoms with van der Waals surface area (Å²) in [7, 11) is 0. The largest absolute Gasteiger partial charge is 0.484 e. The van der Waals surface area contributed by atoms with Gasteiger partial charge in [-0.2, -0.15) is 0 Å². The number of hydrogen-bond donors (Lipinski definition) is 1. The van der Waals surface area contributed by atoms with Crippen molar-refractivity contribution in [2.45, 2.75) is 59.2 Å². The van der Waals surface area contributed by atoms with Crippen molar-refractivity contribution < 1.29 is 14.3 Å². The van der Waals surface area contributed by atoms with Crippen molar-refractivity contribution in [3.8, 4) is 5.75 Å². The lowest BCUT2D eigenvalue weighted by molar-refractivity contribution is -0.143. The molecule has 0 saturated heterocycles. The molecule has 3 rings (SSSR count). The van der Waals surface area contributed by atoms with Gasteiger partial charge in [0.05, 0.1) is 0 Å². The van der Waals surface area contributed by atoms with Gasteiger partial charge in [0, 0.05) is 24.0 Å². The zero-order valence-corrected chi connectivity index (χ0v) is 22.2. The summed E-state index contributed by atoms with van der Waals surface area (Å²) in [6, 6.07) is 22.4. The normalized spacial score (nSPS) is 12.5. The van der Waals surface area contributed by atoms with E-state index in [1.807, 2.05) is 100 Å². The predicted octanol–water partition coefficient (Wildman–Crippen LogP) is 5.89. The predicted molar refractivity (Wildman–Crippen MR) is 145 cm³/mol. The average molecular weight is 507 g/mol. The molecule has 36 heavy (non-hydrogen) atoms. The first-order valence-electron chi connectivity index (χ1n) is 12.4. The van der Waals surface area contributed by atoms with Crippen LogP contribution in [0.3, 0.4) is 0 Å². The van der Waals surface area contributed by atoms with Crippen LogP contribution in [0, 0.1) is 13.8 Å². The molecule has 2 atom stereocenters. The molecule has 3 aromatic carbocycles. The van der Waals surface area contributed by atoms with Gasteiger partial charge in [0.25, 0.3) is 5.91 Å². The van der Waals surface area contributed by atoms with Crippen LogP contribution in [0.5, 0.6) is 5.75 Å². The number of nitrogens with one attached hydrogen (secondary N) is 1. The Balaban J connectivity index is 1.90. The molecule has 0 aliphatic rings. The zero-order valence-electron chi connectivity index (χ0n) is 21.5. The molecule has 5 nitrogen and oxygen atoms in total. The Hall–Kier alpha value is -3.31. The molecule has 0 radical (unpaired) electrons. The summed E-state index contributed by atoms with van der Waals surface area (Å²) in [5.41, 5.74) is 3.70. The molecule has 0 bridgehead atoms. The quantitative estimate of drug-likeness (QED) is 0.352. The van der Waals surface area contributed by atoms with Crippen LogP contribution in [-0.2, 0) is 22.6 Å². The van der Waals surface area contributed by atoms with Gasteiger partial charge < -0.3 is 15.0 Å². The summed E-state index contributed by atoms with van der Waals surface area (Å²) in [5, 5.41) is 3.76. The number of halogens is 1. The second kappa shape index (κ2) is 13.1. The molecule has 6 heteroatoms. The van der Waals surface area contributed by atoms with Crippen molar-refractivity contribution in [1.82, 2.24) is 10.2 Å². The minimum absolute atomic E-state index is 0.000665. The highest BCUT2D eigenvalue weighted by Gasteiger charge is 2.31. The Bertz CT molecular complexity index is 1130. The van der Waals surface area contributed by atoms with Crippen LogP contribution in [0.2, 0.25) is 5.02 Å². The zero-order chi connectivity index (χ0) is 26.1. The highest BCUT2D eigenvalue weighted by atomic mass is 35.5. The van der Waals surface area contributed by atoms with E-state index in [2.05, 4.69) is 5.32 Å². The standard InChI is InChI=1S/C30H35ClN2O3/c1-5-23(4)32-30(35)27(18-24-12-8-6-9-13-24)33(19-25-14-10-7-11-15-25)28(34)20-36-26-16-21(2)29(31)22(3)17-26/h6-17,23,27H,5,18-20H2,1-4H3,(H,32,35)/t23-,27-/m0/s1. The molecule has 0 saturated carbocycles. The first-order valence-corrected chi connectivity index (χ1v) is 12.7. The van der Waals surface area contributed by atoms with Crippen molar-refractivity contribution in [2.24, 2.45) is 0 Å². The first kappa shape index (κ1) is 27.3. The second-order valence-corrected chi connectivity index (χ2v) is 9.57. The van der Waals surface area contributed by atoms with Crippen molar-refractivity contribution in [3.05, 3.63) is 100 Å². The van der Waals surface area contributed by atoms with E-state index in [-0.39, 0.29) is 24.5 Å². The van der Waals surface area contributed by atoms with Crippen molar-refractivity contribution in [1.29, 1.82) is 0 Å². The highest BCUT2D eigenvalue weighted by molar-refractivity contribution is 6.32. The van der Waals surface area contributed by atoms with E-state index in [1.165, 1.54) is 0 Å². The number of amides is 2. The minimum atomic E-state index is -0.689. The number of rotatable bonds is 11. The summed E-state index contributed by atoms with van der Waals surface area (Å²) < 4.78 is 5.90. The number of carbonyl (C=O) groups is 2. The van der Waals surface area contributed by atoms with E-state index < -0.39 is 6.04 Å². The summed E-state index contributed by atoms with van der Waals surface area (Å²) in [5.74, 6) is 0.145. The molecular formula is C30H35ClN2O3. The van der Waals surface area contributed by atoms with Gasteiger partial charge in [0.2, 0.25) is 5.91 Å². The molecule has 3 aromatic rings. The number of hydrogen-bond acceptors (Lipinski definition) is 3. The third kappa shape index (κ3) is 7.59. The molecule has 190 valence electrons. The molecule has 0 aliphatic carbocycles. The van der Waals surface area contributed by atoms with E-state index >= 15 is 0 Å². The average Bonchev–Trinajstić information content (AvgIpc) is 2.88. The second-order valence-electron chi connectivity index (χ2n) is 9.19. The van der Waals surface area contributed by atoms with Crippen LogP contribution in [-0.4, -0.2) is 35.4 Å². The maximum atomic E-state index is 13.6. The lowest BCUT2D eigenvalue weighted by atomic mass is 10.0. The smallest absolute Gasteiger partial charge is 0.261 e. The van der Waals surface area contributed by atoms with Gasteiger partial charge in [0.1, 0.15) is 11.8 Å². The molecule has 2 amide bonds. The number of ether oxygens (including phenoxy) is 1. The number of aryl methyl sites for hydroxylation is 2. The van der Waals surface area contributed by atoms with Crippen LogP contribution in [0.1, 0.15) is 42.5 Å². The Morgan fingerprint density at radius 3 is 2.06 bits per heavy atom. The summed E-state index contributed by atoms with van der Waals surface area (Å²) in [6.45, 7) is 7.91. The monoisotopic (exact) mass is 506 g/mol. The van der Waals surface area contributed by atoms with Crippen LogP contribution in [0.15, 0.2) is 72.8 Å². The Morgan fingerprint density at radius 2 is 1.50 bits per heavy atom. The molecular weight excluding hydrogens is 472 g/mol. The van der Waals surface area contributed by atoms with Crippen molar-refractivity contribution in [2.75, 3.05) is 6.61 Å². The molecule has 0 fully saturated rings. The third-order valence-corrected chi connectivity index (χ3v) is 6.84. The van der Waals surface area contributed by atoms with Crippen LogP contribution in [0.4, 0.5) is 0 Å². The maximum absolute atomic E-state index is 13.6. The fourth-order valence-corrected chi connectivity index (χ4v) is 4.10. The fraction of sp³-hybridized carbons (Fsp3) is 0.333. The lowest BCUT2D eigenvalue weighted by Crippen LogP contribution is -2.53. The number of nitrogens with zero attached hydrogens (tertiary/aromatic N) is 1. The maximum Gasteiger partial charge on any atom is 0.261 e. The molecule has 0 unspecified atom stereocenters. The Labute approximate surface area is 219 Å². The number of benzene rings is 3. The molecule has 0 aliphatic heterocycles. The van der Waals surface area contributed by atoms with Gasteiger partial charge >= 0.3 is 0 Å². The summed E-state index contributed by atoms with van der Waals surface area (Å²) in [4.78, 5) is 28.8. The SMILES string of the molecule is CC[C@H](C)NC(=O)[C@H](Cc1ccccc1)N(Cc1ccccc1)C(=O)COc1cc(C)c(Cl)c(C)c1. The topological polar surface area (TPSA) is 58.6 Å². The highest BCUT2D eigenvalue weighted by Crippen LogP contribution is 2.26. The van der Waals surface area contributed by atoms with Crippen LogP contribution in [0.25, 0.3) is 0 Å².